The zero-order valence-electron chi connectivity index (χ0n) is 20.4. The van der Waals surface area contributed by atoms with Crippen LogP contribution >= 0.6 is 0 Å². The van der Waals surface area contributed by atoms with E-state index < -0.39 is 37.1 Å². The highest BCUT2D eigenvalue weighted by Gasteiger charge is 2.31. The number of nitrogens with two attached hydrogens (primary N) is 1. The molecule has 1 saturated heterocycles. The van der Waals surface area contributed by atoms with Gasteiger partial charge in [0.15, 0.2) is 0 Å². The number of amides is 2. The molecule has 7 N–H and O–H groups in total. The molecule has 11 heteroatoms. The van der Waals surface area contributed by atoms with E-state index in [9.17, 15) is 30.0 Å². The second-order valence-electron chi connectivity index (χ2n) is 9.22. The first-order chi connectivity index (χ1) is 16.2. The number of carbonyl (C=O) groups excluding carboxylic acids is 2. The fourth-order valence-corrected chi connectivity index (χ4v) is 4.15. The van der Waals surface area contributed by atoms with Gasteiger partial charge in [-0.05, 0) is 44.7 Å². The van der Waals surface area contributed by atoms with Crippen LogP contribution in [0.2, 0.25) is 0 Å². The highest BCUT2D eigenvalue weighted by Crippen LogP contribution is 2.19. The highest BCUT2D eigenvalue weighted by atomic mass is 16.5. The molecule has 0 radical (unpaired) electrons. The van der Waals surface area contributed by atoms with Crippen LogP contribution in [0.1, 0.15) is 58.3 Å². The first kappa shape index (κ1) is 30.5. The van der Waals surface area contributed by atoms with Gasteiger partial charge in [-0.2, -0.15) is 0 Å². The summed E-state index contributed by atoms with van der Waals surface area (Å²) in [4.78, 5) is 27.1. The van der Waals surface area contributed by atoms with E-state index in [2.05, 4.69) is 6.92 Å². The monoisotopic (exact) mass is 491 g/mol. The minimum atomic E-state index is -1.65. The number of nitrogens with zero attached hydrogens (tertiary/aromatic N) is 2. The van der Waals surface area contributed by atoms with Crippen molar-refractivity contribution in [3.8, 4) is 0 Å². The maximum atomic E-state index is 12.6. The Bertz CT molecular complexity index is 574. The van der Waals surface area contributed by atoms with Crippen LogP contribution in [0, 0.1) is 5.92 Å². The molecule has 34 heavy (non-hydrogen) atoms. The Hall–Kier alpha value is -1.50. The summed E-state index contributed by atoms with van der Waals surface area (Å²) in [5.41, 5.74) is 5.00. The number of ether oxygens (including phenoxy) is 1. The minimum Gasteiger partial charge on any atom is -0.449 e. The van der Waals surface area contributed by atoms with Crippen LogP contribution in [0.3, 0.4) is 0 Å². The Morgan fingerprint density at radius 3 is 2.21 bits per heavy atom. The van der Waals surface area contributed by atoms with Gasteiger partial charge in [-0.25, -0.2) is 4.79 Å². The maximum absolute atomic E-state index is 12.6. The quantitative estimate of drug-likeness (QED) is 0.145. The average molecular weight is 492 g/mol. The van der Waals surface area contributed by atoms with Crippen molar-refractivity contribution in [3.63, 3.8) is 0 Å². The molecule has 200 valence electrons. The average Bonchev–Trinajstić information content (AvgIpc) is 2.83. The Balaban J connectivity index is 2.48. The summed E-state index contributed by atoms with van der Waals surface area (Å²) in [5.74, 6) is 0.269. The van der Waals surface area contributed by atoms with Crippen LogP contribution in [0.25, 0.3) is 0 Å². The molecule has 0 aromatic heterocycles. The van der Waals surface area contributed by atoms with Gasteiger partial charge in [0.05, 0.1) is 19.3 Å². The number of piperidine rings is 1. The molecule has 1 aliphatic heterocycles. The molecule has 0 aromatic carbocycles. The number of likely N-dealkylation sites (tertiary alicyclic amines) is 1. The summed E-state index contributed by atoms with van der Waals surface area (Å²) in [6, 6.07) is 0. The van der Waals surface area contributed by atoms with Gasteiger partial charge in [-0.15, -0.1) is 0 Å². The van der Waals surface area contributed by atoms with Crippen LogP contribution < -0.4 is 5.73 Å². The van der Waals surface area contributed by atoms with Gasteiger partial charge < -0.3 is 45.8 Å². The zero-order valence-corrected chi connectivity index (χ0v) is 20.4. The third kappa shape index (κ3) is 11.8. The summed E-state index contributed by atoms with van der Waals surface area (Å²) in [5, 5.41) is 48.8. The molecule has 0 aromatic rings. The number of carbonyl (C=O) groups is 2. The highest BCUT2D eigenvalue weighted by molar-refractivity contribution is 5.76. The summed E-state index contributed by atoms with van der Waals surface area (Å²) in [6.45, 7) is 4.22. The van der Waals surface area contributed by atoms with Gasteiger partial charge in [-0.1, -0.05) is 26.2 Å². The third-order valence-electron chi connectivity index (χ3n) is 6.39. The summed E-state index contributed by atoms with van der Waals surface area (Å²) < 4.78 is 4.85. The van der Waals surface area contributed by atoms with Crippen LogP contribution in [-0.2, 0) is 9.53 Å². The normalized spacial score (nSPS) is 18.5. The Kier molecular flexibility index (Phi) is 15.3. The van der Waals surface area contributed by atoms with Crippen LogP contribution in [0.5, 0.6) is 0 Å². The van der Waals surface area contributed by atoms with Gasteiger partial charge in [-0.3, -0.25) is 4.79 Å². The van der Waals surface area contributed by atoms with Gasteiger partial charge >= 0.3 is 6.09 Å². The van der Waals surface area contributed by atoms with E-state index >= 15 is 0 Å². The third-order valence-corrected chi connectivity index (χ3v) is 6.39. The number of rotatable bonds is 17. The van der Waals surface area contributed by atoms with Gasteiger partial charge in [0.1, 0.15) is 18.3 Å². The number of unbranched alkanes of at least 4 members (excludes halogenated alkanes) is 3. The Labute approximate surface area is 202 Å². The van der Waals surface area contributed by atoms with Crippen LogP contribution in [0.15, 0.2) is 0 Å². The zero-order chi connectivity index (χ0) is 25.5. The van der Waals surface area contributed by atoms with E-state index in [4.69, 9.17) is 15.6 Å². The van der Waals surface area contributed by atoms with E-state index in [1.165, 1.54) is 0 Å². The molecule has 11 nitrogen and oxygen atoms in total. The molecule has 1 aliphatic rings. The molecule has 1 heterocycles. The predicted octanol–water partition coefficient (Wildman–Crippen LogP) is -0.581. The lowest BCUT2D eigenvalue weighted by molar-refractivity contribution is -0.133. The number of hydrogen-bond acceptors (Lipinski definition) is 9. The lowest BCUT2D eigenvalue weighted by Crippen LogP contribution is -2.50. The standard InChI is InChI=1S/C23H45N3O8/c1-2-3-4-5-10-25(14-18(28)21(31)22(32)19(29)15-27)11-6-7-20(30)26-12-8-17(9-13-26)16-34-23(24)33/h17-19,21-22,27-29,31-32H,2-16H2,1H3,(H2,24,33)/t18-,19+,21+,22+/m0/s1. The molecular weight excluding hydrogens is 446 g/mol. The number of hydrogen-bond donors (Lipinski definition) is 6. The molecule has 1 fully saturated rings. The first-order valence-corrected chi connectivity index (χ1v) is 12.4. The SMILES string of the molecule is CCCCCCN(CCCC(=O)N1CCC(COC(N)=O)CC1)C[C@H](O)[C@@H](O)[C@H](O)[C@H](O)CO. The van der Waals surface area contributed by atoms with Crippen molar-refractivity contribution in [2.45, 2.75) is 82.7 Å². The van der Waals surface area contributed by atoms with Gasteiger partial charge in [0.2, 0.25) is 5.91 Å². The fraction of sp³-hybridized carbons (Fsp3) is 0.913. The van der Waals surface area contributed by atoms with Gasteiger partial charge in [0.25, 0.3) is 0 Å². The molecule has 1 rings (SSSR count). The Morgan fingerprint density at radius 1 is 1.00 bits per heavy atom. The number of aliphatic hydroxyl groups excluding tert-OH is 5. The summed E-state index contributed by atoms with van der Waals surface area (Å²) >= 11 is 0. The number of primary amides is 1. The second-order valence-corrected chi connectivity index (χ2v) is 9.22. The summed E-state index contributed by atoms with van der Waals surface area (Å²) in [7, 11) is 0. The first-order valence-electron chi connectivity index (χ1n) is 12.4. The molecule has 0 spiro atoms. The smallest absolute Gasteiger partial charge is 0.404 e. The summed E-state index contributed by atoms with van der Waals surface area (Å²) in [6.07, 6.45) is -0.282. The lowest BCUT2D eigenvalue weighted by atomic mass is 9.97. The van der Waals surface area contributed by atoms with E-state index in [-0.39, 0.29) is 25.0 Å². The van der Waals surface area contributed by atoms with E-state index in [0.29, 0.717) is 39.0 Å². The molecule has 0 unspecified atom stereocenters. The molecule has 0 saturated carbocycles. The van der Waals surface area contributed by atoms with Gasteiger partial charge in [0, 0.05) is 26.1 Å². The van der Waals surface area contributed by atoms with Crippen molar-refractivity contribution < 1.29 is 39.9 Å². The van der Waals surface area contributed by atoms with Crippen molar-refractivity contribution in [2.75, 3.05) is 45.9 Å². The fourth-order valence-electron chi connectivity index (χ4n) is 4.15. The predicted molar refractivity (Wildman–Crippen MR) is 126 cm³/mol. The molecule has 0 aliphatic carbocycles. The van der Waals surface area contributed by atoms with Crippen molar-refractivity contribution >= 4 is 12.0 Å². The molecule has 2 amide bonds. The largest absolute Gasteiger partial charge is 0.449 e. The number of aliphatic hydroxyl groups is 5. The maximum Gasteiger partial charge on any atom is 0.404 e. The molecular formula is C23H45N3O8. The minimum absolute atomic E-state index is 0.0577. The topological polar surface area (TPSA) is 177 Å². The van der Waals surface area contributed by atoms with Crippen LogP contribution in [0.4, 0.5) is 4.79 Å². The van der Waals surface area contributed by atoms with Crippen molar-refractivity contribution in [2.24, 2.45) is 11.7 Å². The van der Waals surface area contributed by atoms with Crippen molar-refractivity contribution in [1.82, 2.24) is 9.80 Å². The Morgan fingerprint density at radius 2 is 1.62 bits per heavy atom. The lowest BCUT2D eigenvalue weighted by Gasteiger charge is -2.32. The van der Waals surface area contributed by atoms with Crippen molar-refractivity contribution in [1.29, 1.82) is 0 Å². The second kappa shape index (κ2) is 17.0. The van der Waals surface area contributed by atoms with Crippen LogP contribution in [-0.4, -0.2) is 118 Å². The van der Waals surface area contributed by atoms with Crippen molar-refractivity contribution in [3.05, 3.63) is 0 Å². The molecule has 0 bridgehead atoms. The molecule has 4 atom stereocenters. The van der Waals surface area contributed by atoms with E-state index in [0.717, 1.165) is 38.5 Å². The van der Waals surface area contributed by atoms with E-state index in [1.54, 1.807) is 0 Å². The van der Waals surface area contributed by atoms with E-state index in [1.807, 2.05) is 9.80 Å².